The maximum absolute atomic E-state index is 12.4. The van der Waals surface area contributed by atoms with Crippen LogP contribution in [0.1, 0.15) is 15.4 Å². The molecule has 4 rings (SSSR count). The van der Waals surface area contributed by atoms with Crippen molar-refractivity contribution in [2.24, 2.45) is 0 Å². The van der Waals surface area contributed by atoms with Gasteiger partial charge in [0.2, 0.25) is 5.91 Å². The van der Waals surface area contributed by atoms with E-state index in [0.717, 1.165) is 21.5 Å². The van der Waals surface area contributed by atoms with Crippen molar-refractivity contribution < 1.29 is 9.59 Å². The molecular formula is C17H13N3O2S. The van der Waals surface area contributed by atoms with Crippen LogP contribution in [0.2, 0.25) is 0 Å². The van der Waals surface area contributed by atoms with E-state index in [1.165, 1.54) is 11.3 Å². The highest BCUT2D eigenvalue weighted by Crippen LogP contribution is 2.30. The van der Waals surface area contributed by atoms with Crippen molar-refractivity contribution >= 4 is 44.7 Å². The van der Waals surface area contributed by atoms with Gasteiger partial charge in [-0.1, -0.05) is 12.1 Å². The number of carbonyl (C=O) groups is 2. The second kappa shape index (κ2) is 5.17. The second-order valence-corrected chi connectivity index (χ2v) is 6.44. The van der Waals surface area contributed by atoms with Crippen molar-refractivity contribution in [3.63, 3.8) is 0 Å². The molecule has 5 nitrogen and oxygen atoms in total. The van der Waals surface area contributed by atoms with Gasteiger partial charge in [0, 0.05) is 18.4 Å². The minimum Gasteiger partial charge on any atom is -0.320 e. The number of nitrogens with zero attached hydrogens (tertiary/aromatic N) is 2. The van der Waals surface area contributed by atoms with Crippen molar-refractivity contribution in [1.82, 2.24) is 4.98 Å². The summed E-state index contributed by atoms with van der Waals surface area (Å²) in [7, 11) is 1.76. The normalized spacial score (nSPS) is 13.4. The number of rotatable bonds is 2. The summed E-state index contributed by atoms with van der Waals surface area (Å²) >= 11 is 1.37. The van der Waals surface area contributed by atoms with E-state index in [2.05, 4.69) is 10.3 Å². The van der Waals surface area contributed by atoms with E-state index < -0.39 is 0 Å². The van der Waals surface area contributed by atoms with Crippen molar-refractivity contribution in [3.8, 4) is 0 Å². The first-order valence-electron chi connectivity index (χ1n) is 7.18. The number of carbonyl (C=O) groups excluding carboxylic acids is 2. The molecule has 23 heavy (non-hydrogen) atoms. The molecule has 2 heterocycles. The fourth-order valence-corrected chi connectivity index (χ4v) is 3.56. The number of likely N-dealkylation sites (N-methyl/N-ethyl adjacent to an activating group) is 1. The van der Waals surface area contributed by atoms with Crippen LogP contribution in [0, 0.1) is 0 Å². The largest absolute Gasteiger partial charge is 0.320 e. The Morgan fingerprint density at radius 2 is 2.09 bits per heavy atom. The molecule has 1 aliphatic heterocycles. The molecule has 0 aliphatic carbocycles. The first-order valence-corrected chi connectivity index (χ1v) is 8.00. The van der Waals surface area contributed by atoms with Crippen LogP contribution < -0.4 is 10.2 Å². The van der Waals surface area contributed by atoms with Gasteiger partial charge in [0.25, 0.3) is 5.91 Å². The topological polar surface area (TPSA) is 62.3 Å². The van der Waals surface area contributed by atoms with E-state index in [0.29, 0.717) is 17.1 Å². The summed E-state index contributed by atoms with van der Waals surface area (Å²) in [6, 6.07) is 13.2. The zero-order valence-corrected chi connectivity index (χ0v) is 13.2. The summed E-state index contributed by atoms with van der Waals surface area (Å²) in [5.41, 5.74) is 3.33. The molecule has 0 atom stereocenters. The molecule has 0 fully saturated rings. The second-order valence-electron chi connectivity index (χ2n) is 5.41. The van der Waals surface area contributed by atoms with Gasteiger partial charge in [-0.2, -0.15) is 0 Å². The molecule has 0 radical (unpaired) electrons. The van der Waals surface area contributed by atoms with E-state index in [1.54, 1.807) is 18.0 Å². The first kappa shape index (κ1) is 13.9. The minimum absolute atomic E-state index is 0.0645. The average molecular weight is 323 g/mol. The molecule has 0 bridgehead atoms. The van der Waals surface area contributed by atoms with Crippen LogP contribution in [0.5, 0.6) is 0 Å². The lowest BCUT2D eigenvalue weighted by atomic mass is 10.1. The smallest absolute Gasteiger partial charge is 0.284 e. The number of hydrogen-bond acceptors (Lipinski definition) is 4. The Morgan fingerprint density at radius 1 is 1.26 bits per heavy atom. The third-order valence-electron chi connectivity index (χ3n) is 3.90. The van der Waals surface area contributed by atoms with Gasteiger partial charge in [-0.3, -0.25) is 9.59 Å². The summed E-state index contributed by atoms with van der Waals surface area (Å²) in [5, 5.41) is 3.29. The van der Waals surface area contributed by atoms with Crippen molar-refractivity contribution in [2.45, 2.75) is 6.42 Å². The fraction of sp³-hybridized carbons (Fsp3) is 0.118. The molecule has 0 saturated carbocycles. The van der Waals surface area contributed by atoms with Crippen LogP contribution in [0.3, 0.4) is 0 Å². The summed E-state index contributed by atoms with van der Waals surface area (Å²) in [4.78, 5) is 30.1. The summed E-state index contributed by atoms with van der Waals surface area (Å²) in [6.07, 6.45) is 0.372. The van der Waals surface area contributed by atoms with E-state index in [-0.39, 0.29) is 11.8 Å². The van der Waals surface area contributed by atoms with Gasteiger partial charge in [-0.15, -0.1) is 11.3 Å². The van der Waals surface area contributed by atoms with Crippen LogP contribution in [0.4, 0.5) is 11.4 Å². The molecule has 1 aromatic heterocycles. The van der Waals surface area contributed by atoms with Crippen LogP contribution in [0.25, 0.3) is 10.2 Å². The Hall–Kier alpha value is -2.73. The van der Waals surface area contributed by atoms with Crippen LogP contribution in [-0.4, -0.2) is 23.8 Å². The van der Waals surface area contributed by atoms with E-state index in [9.17, 15) is 9.59 Å². The molecule has 0 unspecified atom stereocenters. The standard InChI is InChI=1S/C17H13N3O2S/c1-20-13-7-6-11(8-10(13)9-15(20)21)18-16(22)17-19-12-4-2-3-5-14(12)23-17/h2-8H,9H2,1H3,(H,18,22). The third-order valence-corrected chi connectivity index (χ3v) is 4.94. The predicted octanol–water partition coefficient (Wildman–Crippen LogP) is 3.07. The number of para-hydroxylation sites is 1. The number of hydrogen-bond donors (Lipinski definition) is 1. The number of nitrogens with one attached hydrogen (secondary N) is 1. The number of fused-ring (bicyclic) bond motifs is 2. The highest BCUT2D eigenvalue weighted by Gasteiger charge is 2.24. The first-order chi connectivity index (χ1) is 11.1. The van der Waals surface area contributed by atoms with Crippen molar-refractivity contribution in [1.29, 1.82) is 0 Å². The number of amides is 2. The molecule has 1 N–H and O–H groups in total. The van der Waals surface area contributed by atoms with E-state index in [4.69, 9.17) is 0 Å². The van der Waals surface area contributed by atoms with Gasteiger partial charge in [0.1, 0.15) is 0 Å². The van der Waals surface area contributed by atoms with Crippen LogP contribution in [0.15, 0.2) is 42.5 Å². The lowest BCUT2D eigenvalue weighted by Gasteiger charge is -2.10. The van der Waals surface area contributed by atoms with E-state index >= 15 is 0 Å². The summed E-state index contributed by atoms with van der Waals surface area (Å²) in [5.74, 6) is -0.168. The number of thiazole rings is 1. The predicted molar refractivity (Wildman–Crippen MR) is 91.1 cm³/mol. The molecule has 1 aliphatic rings. The average Bonchev–Trinajstić information content (AvgIpc) is 3.09. The highest BCUT2D eigenvalue weighted by atomic mass is 32.1. The van der Waals surface area contributed by atoms with Gasteiger partial charge in [-0.25, -0.2) is 4.98 Å². The van der Waals surface area contributed by atoms with Gasteiger partial charge in [-0.05, 0) is 35.9 Å². The monoisotopic (exact) mass is 323 g/mol. The Morgan fingerprint density at radius 3 is 2.91 bits per heavy atom. The number of aromatic nitrogens is 1. The van der Waals surface area contributed by atoms with Gasteiger partial charge in [0.05, 0.1) is 16.6 Å². The van der Waals surface area contributed by atoms with Crippen LogP contribution in [-0.2, 0) is 11.2 Å². The lowest BCUT2D eigenvalue weighted by Crippen LogP contribution is -2.20. The Balaban J connectivity index is 1.60. The maximum Gasteiger partial charge on any atom is 0.284 e. The molecule has 2 aromatic carbocycles. The molecular weight excluding hydrogens is 310 g/mol. The maximum atomic E-state index is 12.4. The minimum atomic E-state index is -0.233. The molecule has 3 aromatic rings. The third kappa shape index (κ3) is 2.37. The molecule has 2 amide bonds. The highest BCUT2D eigenvalue weighted by molar-refractivity contribution is 7.20. The summed E-state index contributed by atoms with van der Waals surface area (Å²) in [6.45, 7) is 0. The Bertz CT molecular complexity index is 915. The van der Waals surface area contributed by atoms with Crippen LogP contribution >= 0.6 is 11.3 Å². The number of benzene rings is 2. The van der Waals surface area contributed by atoms with Crippen molar-refractivity contribution in [3.05, 3.63) is 53.0 Å². The quantitative estimate of drug-likeness (QED) is 0.788. The zero-order valence-electron chi connectivity index (χ0n) is 12.4. The Labute approximate surface area is 136 Å². The zero-order chi connectivity index (χ0) is 16.0. The lowest BCUT2D eigenvalue weighted by molar-refractivity contribution is -0.117. The SMILES string of the molecule is CN1C(=O)Cc2cc(NC(=O)c3nc4ccccc4s3)ccc21. The van der Waals surface area contributed by atoms with Crippen molar-refractivity contribution in [2.75, 3.05) is 17.3 Å². The van der Waals surface area contributed by atoms with Gasteiger partial charge < -0.3 is 10.2 Å². The molecule has 0 saturated heterocycles. The Kier molecular flexibility index (Phi) is 3.12. The molecule has 0 spiro atoms. The molecule has 114 valence electrons. The van der Waals surface area contributed by atoms with Gasteiger partial charge in [0.15, 0.2) is 5.01 Å². The van der Waals surface area contributed by atoms with Gasteiger partial charge >= 0.3 is 0 Å². The molecule has 6 heteroatoms. The van der Waals surface area contributed by atoms with E-state index in [1.807, 2.05) is 36.4 Å². The fourth-order valence-electron chi connectivity index (χ4n) is 2.70. The number of anilines is 2. The summed E-state index contributed by atoms with van der Waals surface area (Å²) < 4.78 is 0.985.